The molecule has 0 heterocycles. The predicted octanol–water partition coefficient (Wildman–Crippen LogP) is 3.03. The van der Waals surface area contributed by atoms with Crippen LogP contribution in [0.15, 0.2) is 30.3 Å². The highest BCUT2D eigenvalue weighted by molar-refractivity contribution is 5.82. The zero-order valence-corrected chi connectivity index (χ0v) is 12.7. The Hall–Kier alpha value is -1.35. The molecule has 0 aliphatic rings. The van der Waals surface area contributed by atoms with Crippen LogP contribution in [0.25, 0.3) is 0 Å². The smallest absolute Gasteiger partial charge is 0.237 e. The molecule has 3 heteroatoms. The van der Waals surface area contributed by atoms with Gasteiger partial charge in [-0.2, -0.15) is 0 Å². The van der Waals surface area contributed by atoms with Crippen molar-refractivity contribution in [2.24, 2.45) is 0 Å². The number of hydrogen-bond donors (Lipinski definition) is 2. The summed E-state index contributed by atoms with van der Waals surface area (Å²) in [6.45, 7) is 10.1. The lowest BCUT2D eigenvalue weighted by atomic mass is 10.0. The molecular formula is C16H26N2O. The summed E-state index contributed by atoms with van der Waals surface area (Å²) in [6.07, 6.45) is 0.916. The summed E-state index contributed by atoms with van der Waals surface area (Å²) < 4.78 is 0. The lowest BCUT2D eigenvalue weighted by molar-refractivity contribution is -0.124. The molecule has 0 aromatic heterocycles. The van der Waals surface area contributed by atoms with Gasteiger partial charge in [0.1, 0.15) is 0 Å². The third-order valence-electron chi connectivity index (χ3n) is 3.54. The summed E-state index contributed by atoms with van der Waals surface area (Å²) >= 11 is 0. The molecule has 2 N–H and O–H groups in total. The molecule has 0 fully saturated rings. The van der Waals surface area contributed by atoms with Gasteiger partial charge in [0.05, 0.1) is 6.04 Å². The van der Waals surface area contributed by atoms with Gasteiger partial charge in [-0.05, 0) is 39.7 Å². The molecule has 1 aromatic carbocycles. The third-order valence-corrected chi connectivity index (χ3v) is 3.54. The van der Waals surface area contributed by atoms with Crippen molar-refractivity contribution in [2.75, 3.05) is 0 Å². The quantitative estimate of drug-likeness (QED) is 0.827. The van der Waals surface area contributed by atoms with Gasteiger partial charge in [-0.1, -0.05) is 37.3 Å². The van der Waals surface area contributed by atoms with Gasteiger partial charge in [-0.25, -0.2) is 0 Å². The summed E-state index contributed by atoms with van der Waals surface area (Å²) in [5.74, 6) is 0.0506. The molecule has 0 bridgehead atoms. The molecule has 0 saturated heterocycles. The maximum atomic E-state index is 12.1. The Labute approximate surface area is 116 Å². The highest BCUT2D eigenvalue weighted by Crippen LogP contribution is 2.13. The van der Waals surface area contributed by atoms with Crippen molar-refractivity contribution in [2.45, 2.75) is 58.7 Å². The van der Waals surface area contributed by atoms with Crippen LogP contribution in [0.4, 0.5) is 0 Å². The Bertz CT molecular complexity index is 400. The number of benzene rings is 1. The lowest BCUT2D eigenvalue weighted by Crippen LogP contribution is -2.51. The molecule has 106 valence electrons. The second-order valence-electron chi connectivity index (χ2n) is 5.75. The molecule has 19 heavy (non-hydrogen) atoms. The fourth-order valence-electron chi connectivity index (χ4n) is 1.82. The van der Waals surface area contributed by atoms with Gasteiger partial charge < -0.3 is 5.32 Å². The number of hydrogen-bond acceptors (Lipinski definition) is 2. The first kappa shape index (κ1) is 15.7. The Morgan fingerprint density at radius 3 is 2.32 bits per heavy atom. The number of nitrogens with one attached hydrogen (secondary N) is 2. The molecule has 1 amide bonds. The van der Waals surface area contributed by atoms with E-state index in [-0.39, 0.29) is 23.5 Å². The minimum absolute atomic E-state index is 0.0506. The van der Waals surface area contributed by atoms with E-state index in [1.807, 2.05) is 39.0 Å². The highest BCUT2D eigenvalue weighted by Gasteiger charge is 2.22. The predicted molar refractivity (Wildman–Crippen MR) is 80.0 cm³/mol. The van der Waals surface area contributed by atoms with Crippen molar-refractivity contribution in [1.29, 1.82) is 0 Å². The van der Waals surface area contributed by atoms with Gasteiger partial charge in [0.2, 0.25) is 5.91 Å². The van der Waals surface area contributed by atoms with E-state index in [0.29, 0.717) is 0 Å². The third kappa shape index (κ3) is 5.03. The van der Waals surface area contributed by atoms with Gasteiger partial charge in [0, 0.05) is 11.6 Å². The highest BCUT2D eigenvalue weighted by atomic mass is 16.2. The van der Waals surface area contributed by atoms with Crippen LogP contribution in [0.1, 0.15) is 52.6 Å². The largest absolute Gasteiger partial charge is 0.350 e. The van der Waals surface area contributed by atoms with Crippen LogP contribution >= 0.6 is 0 Å². The van der Waals surface area contributed by atoms with Crippen LogP contribution in [0.5, 0.6) is 0 Å². The van der Waals surface area contributed by atoms with E-state index >= 15 is 0 Å². The first-order chi connectivity index (χ1) is 8.85. The van der Waals surface area contributed by atoms with E-state index in [9.17, 15) is 4.79 Å². The average Bonchev–Trinajstić information content (AvgIpc) is 2.39. The minimum Gasteiger partial charge on any atom is -0.350 e. The zero-order chi connectivity index (χ0) is 14.5. The summed E-state index contributed by atoms with van der Waals surface area (Å²) in [5.41, 5.74) is 1.04. The molecule has 0 aliphatic heterocycles. The first-order valence-electron chi connectivity index (χ1n) is 6.98. The molecule has 1 rings (SSSR count). The van der Waals surface area contributed by atoms with Crippen molar-refractivity contribution in [1.82, 2.24) is 10.6 Å². The average molecular weight is 262 g/mol. The minimum atomic E-state index is -0.207. The monoisotopic (exact) mass is 262 g/mol. The standard InChI is InChI=1S/C16H26N2O/c1-6-16(4,5)18-15(19)13(3)17-12(2)14-10-8-7-9-11-14/h7-13,17H,6H2,1-5H3,(H,18,19)/t12-,13?/m0/s1. The van der Waals surface area contributed by atoms with E-state index in [0.717, 1.165) is 6.42 Å². The molecule has 0 spiro atoms. The second-order valence-corrected chi connectivity index (χ2v) is 5.75. The molecule has 2 atom stereocenters. The topological polar surface area (TPSA) is 41.1 Å². The van der Waals surface area contributed by atoms with Crippen molar-refractivity contribution >= 4 is 5.91 Å². The lowest BCUT2D eigenvalue weighted by Gasteiger charge is -2.28. The van der Waals surface area contributed by atoms with Gasteiger partial charge in [-0.3, -0.25) is 10.1 Å². The van der Waals surface area contributed by atoms with Gasteiger partial charge >= 0.3 is 0 Å². The van der Waals surface area contributed by atoms with Crippen molar-refractivity contribution in [3.8, 4) is 0 Å². The van der Waals surface area contributed by atoms with Crippen LogP contribution in [0.2, 0.25) is 0 Å². The SMILES string of the molecule is CCC(C)(C)NC(=O)C(C)N[C@@H](C)c1ccccc1. The van der Waals surface area contributed by atoms with Gasteiger partial charge in [0.15, 0.2) is 0 Å². The summed E-state index contributed by atoms with van der Waals surface area (Å²) in [6, 6.07) is 10.1. The van der Waals surface area contributed by atoms with Crippen molar-refractivity contribution in [3.63, 3.8) is 0 Å². The van der Waals surface area contributed by atoms with Crippen LogP contribution in [-0.4, -0.2) is 17.5 Å². The first-order valence-corrected chi connectivity index (χ1v) is 6.98. The number of rotatable bonds is 6. The molecule has 1 unspecified atom stereocenters. The van der Waals surface area contributed by atoms with Gasteiger partial charge in [-0.15, -0.1) is 0 Å². The molecule has 1 aromatic rings. The number of carbonyl (C=O) groups excluding carboxylic acids is 1. The van der Waals surface area contributed by atoms with E-state index < -0.39 is 0 Å². The summed E-state index contributed by atoms with van der Waals surface area (Å²) in [7, 11) is 0. The summed E-state index contributed by atoms with van der Waals surface area (Å²) in [4.78, 5) is 12.1. The fourth-order valence-corrected chi connectivity index (χ4v) is 1.82. The molecule has 0 radical (unpaired) electrons. The van der Waals surface area contributed by atoms with Gasteiger partial charge in [0.25, 0.3) is 0 Å². The van der Waals surface area contributed by atoms with E-state index in [4.69, 9.17) is 0 Å². The maximum absolute atomic E-state index is 12.1. The molecule has 3 nitrogen and oxygen atoms in total. The number of carbonyl (C=O) groups is 1. The Balaban J connectivity index is 2.55. The van der Waals surface area contributed by atoms with E-state index in [1.54, 1.807) is 0 Å². The Morgan fingerprint density at radius 2 is 1.79 bits per heavy atom. The Morgan fingerprint density at radius 1 is 1.21 bits per heavy atom. The van der Waals surface area contributed by atoms with Crippen LogP contribution in [-0.2, 0) is 4.79 Å². The van der Waals surface area contributed by atoms with Crippen LogP contribution < -0.4 is 10.6 Å². The van der Waals surface area contributed by atoms with Crippen molar-refractivity contribution in [3.05, 3.63) is 35.9 Å². The Kier molecular flexibility index (Phi) is 5.55. The van der Waals surface area contributed by atoms with Crippen molar-refractivity contribution < 1.29 is 4.79 Å². The molecule has 0 aliphatic carbocycles. The second kappa shape index (κ2) is 6.71. The van der Waals surface area contributed by atoms with Crippen LogP contribution in [0, 0.1) is 0 Å². The molecule has 0 saturated carbocycles. The van der Waals surface area contributed by atoms with Crippen LogP contribution in [0.3, 0.4) is 0 Å². The normalized spacial score (nSPS) is 14.8. The van der Waals surface area contributed by atoms with E-state index in [1.165, 1.54) is 5.56 Å². The maximum Gasteiger partial charge on any atom is 0.237 e. The van der Waals surface area contributed by atoms with E-state index in [2.05, 4.69) is 36.6 Å². The summed E-state index contributed by atoms with van der Waals surface area (Å²) in [5, 5.41) is 6.39. The zero-order valence-electron chi connectivity index (χ0n) is 12.7. The number of amides is 1. The molecular weight excluding hydrogens is 236 g/mol. The fraction of sp³-hybridized carbons (Fsp3) is 0.562.